The van der Waals surface area contributed by atoms with E-state index in [2.05, 4.69) is 0 Å². The van der Waals surface area contributed by atoms with E-state index in [-0.39, 0.29) is 11.8 Å². The van der Waals surface area contributed by atoms with Crippen LogP contribution < -0.4 is 0 Å². The Labute approximate surface area is 134 Å². The number of allylic oxidation sites excluding steroid dienone is 2. The molecule has 0 aromatic heterocycles. The molecule has 24 heavy (non-hydrogen) atoms. The topological polar surface area (TPSA) is 46.5 Å². The molecule has 138 valence electrons. The lowest BCUT2D eigenvalue weighted by Gasteiger charge is -2.33. The summed E-state index contributed by atoms with van der Waals surface area (Å²) in [4.78, 5) is 12.0. The standard InChI is InChI=1S/C15H18F6O3/c1-8(4-5-13(23,14(16,17)18)15(19,20)21)24-12(22)11-7-9-2-3-10(11)6-9/h2-3,8-11,23H,4-7H2,1H3. The fourth-order valence-corrected chi connectivity index (χ4v) is 3.25. The molecule has 1 saturated carbocycles. The molecule has 0 radical (unpaired) electrons. The van der Waals surface area contributed by atoms with Crippen LogP contribution >= 0.6 is 0 Å². The highest BCUT2D eigenvalue weighted by molar-refractivity contribution is 5.74. The van der Waals surface area contributed by atoms with Gasteiger partial charge in [-0.05, 0) is 44.4 Å². The van der Waals surface area contributed by atoms with Crippen LogP contribution in [0.3, 0.4) is 0 Å². The Balaban J connectivity index is 1.91. The summed E-state index contributed by atoms with van der Waals surface area (Å²) in [6.07, 6.45) is -9.96. The van der Waals surface area contributed by atoms with Crippen LogP contribution in [-0.4, -0.2) is 35.1 Å². The number of hydrogen-bond donors (Lipinski definition) is 1. The summed E-state index contributed by atoms with van der Waals surface area (Å²) in [7, 11) is 0. The molecule has 0 saturated heterocycles. The van der Waals surface area contributed by atoms with Gasteiger partial charge >= 0.3 is 18.3 Å². The van der Waals surface area contributed by atoms with E-state index >= 15 is 0 Å². The second kappa shape index (κ2) is 6.24. The molecule has 1 N–H and O–H groups in total. The van der Waals surface area contributed by atoms with E-state index < -0.39 is 48.8 Å². The smallest absolute Gasteiger partial charge is 0.426 e. The third-order valence-corrected chi connectivity index (χ3v) is 4.75. The number of ether oxygens (including phenoxy) is 1. The first-order valence-electron chi connectivity index (χ1n) is 7.60. The van der Waals surface area contributed by atoms with Gasteiger partial charge in [0.15, 0.2) is 0 Å². The molecular weight excluding hydrogens is 342 g/mol. The van der Waals surface area contributed by atoms with Crippen LogP contribution in [0.1, 0.15) is 32.6 Å². The van der Waals surface area contributed by atoms with Crippen LogP contribution in [-0.2, 0) is 9.53 Å². The van der Waals surface area contributed by atoms with Gasteiger partial charge in [0, 0.05) is 0 Å². The lowest BCUT2D eigenvalue weighted by Crippen LogP contribution is -2.57. The van der Waals surface area contributed by atoms with E-state index in [1.54, 1.807) is 0 Å². The van der Waals surface area contributed by atoms with Crippen LogP contribution in [0.4, 0.5) is 26.3 Å². The lowest BCUT2D eigenvalue weighted by atomic mass is 9.93. The number of carbonyl (C=O) groups excluding carboxylic acids is 1. The minimum atomic E-state index is -5.86. The summed E-state index contributed by atoms with van der Waals surface area (Å²) in [5.41, 5.74) is -4.81. The Kier molecular flexibility index (Phi) is 4.96. The zero-order valence-corrected chi connectivity index (χ0v) is 12.8. The molecule has 4 unspecified atom stereocenters. The number of rotatable bonds is 5. The number of alkyl halides is 6. The van der Waals surface area contributed by atoms with Gasteiger partial charge in [0.1, 0.15) is 0 Å². The summed E-state index contributed by atoms with van der Waals surface area (Å²) >= 11 is 0. The molecule has 0 amide bonds. The van der Waals surface area contributed by atoms with E-state index in [9.17, 15) is 31.1 Å². The van der Waals surface area contributed by atoms with Gasteiger partial charge in [-0.2, -0.15) is 26.3 Å². The monoisotopic (exact) mass is 360 g/mol. The van der Waals surface area contributed by atoms with Crippen molar-refractivity contribution in [3.05, 3.63) is 12.2 Å². The van der Waals surface area contributed by atoms with Crippen molar-refractivity contribution in [1.82, 2.24) is 0 Å². The summed E-state index contributed by atoms with van der Waals surface area (Å²) in [6, 6.07) is 0. The fourth-order valence-electron chi connectivity index (χ4n) is 3.25. The molecule has 0 aromatic rings. The summed E-state index contributed by atoms with van der Waals surface area (Å²) < 4.78 is 80.4. The van der Waals surface area contributed by atoms with E-state index in [4.69, 9.17) is 9.84 Å². The van der Waals surface area contributed by atoms with E-state index in [1.165, 1.54) is 6.92 Å². The van der Waals surface area contributed by atoms with Crippen molar-refractivity contribution in [3.63, 3.8) is 0 Å². The number of fused-ring (bicyclic) bond motifs is 2. The number of halogens is 6. The highest BCUT2D eigenvalue weighted by Gasteiger charge is 2.69. The predicted molar refractivity (Wildman–Crippen MR) is 70.7 cm³/mol. The molecule has 4 atom stereocenters. The molecule has 2 aliphatic carbocycles. The average molecular weight is 360 g/mol. The second-order valence-electron chi connectivity index (χ2n) is 6.53. The van der Waals surface area contributed by atoms with Crippen molar-refractivity contribution in [2.45, 2.75) is 56.7 Å². The highest BCUT2D eigenvalue weighted by atomic mass is 19.4. The Morgan fingerprint density at radius 3 is 2.17 bits per heavy atom. The number of aliphatic hydroxyl groups is 1. The number of carbonyl (C=O) groups is 1. The van der Waals surface area contributed by atoms with E-state index in [0.29, 0.717) is 6.42 Å². The van der Waals surface area contributed by atoms with Gasteiger partial charge in [-0.1, -0.05) is 12.2 Å². The molecule has 9 heteroatoms. The highest BCUT2D eigenvalue weighted by Crippen LogP contribution is 2.46. The Bertz CT molecular complexity index is 496. The largest absolute Gasteiger partial charge is 0.462 e. The van der Waals surface area contributed by atoms with Crippen molar-refractivity contribution in [2.75, 3.05) is 0 Å². The maximum Gasteiger partial charge on any atom is 0.426 e. The zero-order chi connectivity index (χ0) is 18.3. The molecule has 3 nitrogen and oxygen atoms in total. The lowest BCUT2D eigenvalue weighted by molar-refractivity contribution is -0.370. The third kappa shape index (κ3) is 3.55. The van der Waals surface area contributed by atoms with Gasteiger partial charge in [0.2, 0.25) is 0 Å². The van der Waals surface area contributed by atoms with Gasteiger partial charge < -0.3 is 9.84 Å². The molecular formula is C15H18F6O3. The summed E-state index contributed by atoms with van der Waals surface area (Å²) in [5.74, 6) is -0.700. The molecule has 1 fully saturated rings. The minimum absolute atomic E-state index is 0.0250. The average Bonchev–Trinajstić information content (AvgIpc) is 3.04. The van der Waals surface area contributed by atoms with Crippen LogP contribution in [0, 0.1) is 17.8 Å². The number of hydrogen-bond acceptors (Lipinski definition) is 3. The van der Waals surface area contributed by atoms with Gasteiger partial charge in [0.05, 0.1) is 12.0 Å². The first-order valence-corrected chi connectivity index (χ1v) is 7.60. The molecule has 2 bridgehead atoms. The van der Waals surface area contributed by atoms with Crippen molar-refractivity contribution < 1.29 is 41.0 Å². The SMILES string of the molecule is CC(CCC(O)(C(F)(F)F)C(F)(F)F)OC(=O)C1CC2C=CC1C2. The van der Waals surface area contributed by atoms with E-state index in [0.717, 1.165) is 6.42 Å². The molecule has 0 aliphatic heterocycles. The van der Waals surface area contributed by atoms with Crippen LogP contribution in [0.2, 0.25) is 0 Å². The molecule has 2 aliphatic rings. The fraction of sp³-hybridized carbons (Fsp3) is 0.800. The van der Waals surface area contributed by atoms with Gasteiger partial charge in [-0.15, -0.1) is 0 Å². The van der Waals surface area contributed by atoms with Crippen LogP contribution in [0.15, 0.2) is 12.2 Å². The first kappa shape index (κ1) is 19.1. The van der Waals surface area contributed by atoms with Gasteiger partial charge in [-0.3, -0.25) is 4.79 Å². The van der Waals surface area contributed by atoms with Crippen LogP contribution in [0.5, 0.6) is 0 Å². The molecule has 0 spiro atoms. The molecule has 2 rings (SSSR count). The summed E-state index contributed by atoms with van der Waals surface area (Å²) in [6.45, 7) is 1.22. The minimum Gasteiger partial charge on any atom is -0.462 e. The first-order chi connectivity index (χ1) is 10.8. The third-order valence-electron chi connectivity index (χ3n) is 4.75. The van der Waals surface area contributed by atoms with Crippen molar-refractivity contribution >= 4 is 5.97 Å². The Morgan fingerprint density at radius 2 is 1.75 bits per heavy atom. The Hall–Kier alpha value is -1.25. The summed E-state index contributed by atoms with van der Waals surface area (Å²) in [5, 5.41) is 9.07. The second-order valence-corrected chi connectivity index (χ2v) is 6.53. The van der Waals surface area contributed by atoms with Crippen molar-refractivity contribution in [3.8, 4) is 0 Å². The maximum absolute atomic E-state index is 12.6. The normalized spacial score (nSPS) is 28.2. The van der Waals surface area contributed by atoms with Crippen LogP contribution in [0.25, 0.3) is 0 Å². The van der Waals surface area contributed by atoms with Crippen molar-refractivity contribution in [2.24, 2.45) is 17.8 Å². The predicted octanol–water partition coefficient (Wildman–Crippen LogP) is 3.77. The maximum atomic E-state index is 12.6. The van der Waals surface area contributed by atoms with Gasteiger partial charge in [0.25, 0.3) is 5.60 Å². The molecule has 0 heterocycles. The molecule has 0 aromatic carbocycles. The Morgan fingerprint density at radius 1 is 1.17 bits per heavy atom. The van der Waals surface area contributed by atoms with E-state index in [1.807, 2.05) is 12.2 Å². The van der Waals surface area contributed by atoms with Gasteiger partial charge in [-0.25, -0.2) is 0 Å². The quantitative estimate of drug-likeness (QED) is 0.461. The zero-order valence-electron chi connectivity index (χ0n) is 12.8. The van der Waals surface area contributed by atoms with Crippen molar-refractivity contribution in [1.29, 1.82) is 0 Å². The number of esters is 1.